The predicted molar refractivity (Wildman–Crippen MR) is 198 cm³/mol. The van der Waals surface area contributed by atoms with Crippen LogP contribution in [0.5, 0.6) is 0 Å². The highest BCUT2D eigenvalue weighted by Crippen LogP contribution is 2.26. The molecule has 0 bridgehead atoms. The summed E-state index contributed by atoms with van der Waals surface area (Å²) in [6.45, 7) is 7.69. The first kappa shape index (κ1) is 34.5. The van der Waals surface area contributed by atoms with Crippen LogP contribution in [0.4, 0.5) is 25.1 Å². The van der Waals surface area contributed by atoms with Crippen LogP contribution in [-0.2, 0) is 45.4 Å². The van der Waals surface area contributed by atoms with E-state index in [-0.39, 0.29) is 28.7 Å². The van der Waals surface area contributed by atoms with E-state index in [1.165, 1.54) is 27.2 Å². The van der Waals surface area contributed by atoms with Crippen LogP contribution in [0.2, 0.25) is 0 Å². The van der Waals surface area contributed by atoms with Gasteiger partial charge in [-0.15, -0.1) is 20.4 Å². The van der Waals surface area contributed by atoms with Gasteiger partial charge in [-0.2, -0.15) is 9.03 Å². The molecule has 0 fully saturated rings. The Kier molecular flexibility index (Phi) is 8.69. The Balaban J connectivity index is 0.000000144. The summed E-state index contributed by atoms with van der Waals surface area (Å²) in [5.74, 6) is 2.48. The molecule has 280 valence electrons. The van der Waals surface area contributed by atoms with Crippen molar-refractivity contribution in [2.24, 2.45) is 0 Å². The molecule has 18 heteroatoms. The lowest BCUT2D eigenvalue weighted by Gasteiger charge is -2.27. The molecule has 15 nitrogen and oxygen atoms in total. The minimum atomic E-state index is -0.437. The smallest absolute Gasteiger partial charge is 0.223 e. The molecule has 7 heterocycles. The summed E-state index contributed by atoms with van der Waals surface area (Å²) in [5, 5.41) is 18.6. The molecule has 0 amide bonds. The minimum absolute atomic E-state index is 0.102. The Morgan fingerprint density at radius 1 is 0.655 bits per heavy atom. The molecule has 55 heavy (non-hydrogen) atoms. The standard InChI is InChI=1S/C19H16F2N6.C18H20FN9/c20-13-5-4-11-9-26(10-12(11)8-13)7-6-16-23-18-14-2-1-3-15(21)17(14)24-19(22)27(18)25-16;1-2-14-23-24-15-10-26(8-9-27(14)15)7-6-13-21-17-11-4-3-5-12(19)16(11)22-18(20)28(17)25-13/h1-5,8H,6-7,9-10H2,(H2,22,24);3-5H,2,6-10H2,1H3,(H2,20,22). The monoisotopic (exact) mass is 747 g/mol. The summed E-state index contributed by atoms with van der Waals surface area (Å²) < 4.78 is 46.5. The van der Waals surface area contributed by atoms with Crippen molar-refractivity contribution in [1.82, 2.24) is 63.7 Å². The summed E-state index contributed by atoms with van der Waals surface area (Å²) in [7, 11) is 0. The minimum Gasteiger partial charge on any atom is -0.368 e. The van der Waals surface area contributed by atoms with E-state index < -0.39 is 11.6 Å². The van der Waals surface area contributed by atoms with E-state index in [2.05, 4.69) is 61.6 Å². The Labute approximate surface area is 311 Å². The maximum absolute atomic E-state index is 14.0. The molecule has 0 atom stereocenters. The molecule has 8 aromatic rings. The van der Waals surface area contributed by atoms with Crippen molar-refractivity contribution in [3.05, 3.63) is 106 Å². The third kappa shape index (κ3) is 6.42. The number of hydrogen-bond acceptors (Lipinski definition) is 12. The molecule has 0 saturated heterocycles. The van der Waals surface area contributed by atoms with Crippen LogP contribution in [0, 0.1) is 17.5 Å². The zero-order chi connectivity index (χ0) is 37.8. The Morgan fingerprint density at radius 3 is 1.87 bits per heavy atom. The Morgan fingerprint density at radius 2 is 1.25 bits per heavy atom. The van der Waals surface area contributed by atoms with Gasteiger partial charge in [0.25, 0.3) is 0 Å². The van der Waals surface area contributed by atoms with Crippen LogP contribution in [0.3, 0.4) is 0 Å². The van der Waals surface area contributed by atoms with E-state index in [0.717, 1.165) is 68.5 Å². The number of nitrogens with two attached hydrogens (primary N) is 2. The molecule has 0 unspecified atom stereocenters. The zero-order valence-corrected chi connectivity index (χ0v) is 29.9. The third-order valence-electron chi connectivity index (χ3n) is 10.1. The number of anilines is 2. The average Bonchev–Trinajstić information content (AvgIpc) is 3.99. The fourth-order valence-electron chi connectivity index (χ4n) is 7.36. The molecule has 0 spiro atoms. The number of benzene rings is 3. The highest BCUT2D eigenvalue weighted by Gasteiger charge is 2.23. The van der Waals surface area contributed by atoms with Gasteiger partial charge in [-0.3, -0.25) is 9.80 Å². The number of nitrogens with zero attached hydrogens (tertiary/aromatic N) is 13. The molecule has 2 aliphatic rings. The van der Waals surface area contributed by atoms with E-state index >= 15 is 0 Å². The molecule has 2 aliphatic heterocycles. The van der Waals surface area contributed by atoms with Crippen LogP contribution in [0.1, 0.15) is 41.3 Å². The molecule has 10 rings (SSSR count). The summed E-state index contributed by atoms with van der Waals surface area (Å²) >= 11 is 0. The molecule has 4 N–H and O–H groups in total. The van der Waals surface area contributed by atoms with Crippen LogP contribution in [0.25, 0.3) is 33.1 Å². The van der Waals surface area contributed by atoms with Gasteiger partial charge in [0.1, 0.15) is 40.1 Å². The lowest BCUT2D eigenvalue weighted by atomic mass is 10.1. The summed E-state index contributed by atoms with van der Waals surface area (Å²) in [6, 6.07) is 14.4. The van der Waals surface area contributed by atoms with Crippen molar-refractivity contribution in [3.8, 4) is 0 Å². The first-order valence-corrected chi connectivity index (χ1v) is 18.0. The van der Waals surface area contributed by atoms with Gasteiger partial charge >= 0.3 is 0 Å². The first-order valence-electron chi connectivity index (χ1n) is 18.0. The van der Waals surface area contributed by atoms with Crippen LogP contribution in [-0.4, -0.2) is 83.4 Å². The number of aromatic nitrogens is 11. The molecular formula is C37H36F3N15. The van der Waals surface area contributed by atoms with Crippen molar-refractivity contribution in [3.63, 3.8) is 0 Å². The molecular weight excluding hydrogens is 712 g/mol. The van der Waals surface area contributed by atoms with Gasteiger partial charge in [0.05, 0.1) is 6.54 Å². The lowest BCUT2D eigenvalue weighted by Crippen LogP contribution is -2.35. The molecule has 0 saturated carbocycles. The van der Waals surface area contributed by atoms with Gasteiger partial charge in [0.15, 0.2) is 22.9 Å². The van der Waals surface area contributed by atoms with Crippen molar-refractivity contribution >= 4 is 45.0 Å². The lowest BCUT2D eigenvalue weighted by molar-refractivity contribution is 0.217. The van der Waals surface area contributed by atoms with Crippen molar-refractivity contribution < 1.29 is 13.2 Å². The maximum atomic E-state index is 14.0. The van der Waals surface area contributed by atoms with E-state index in [1.54, 1.807) is 30.3 Å². The number of fused-ring (bicyclic) bond motifs is 8. The topological polar surface area (TPSA) is 175 Å². The Bertz CT molecular complexity index is 2740. The van der Waals surface area contributed by atoms with Gasteiger partial charge in [-0.05, 0) is 47.5 Å². The van der Waals surface area contributed by atoms with E-state index in [0.29, 0.717) is 53.1 Å². The van der Waals surface area contributed by atoms with Gasteiger partial charge in [0, 0.05) is 69.3 Å². The number of halogens is 3. The van der Waals surface area contributed by atoms with E-state index in [4.69, 9.17) is 11.5 Å². The van der Waals surface area contributed by atoms with E-state index in [1.807, 2.05) is 6.07 Å². The zero-order valence-electron chi connectivity index (χ0n) is 29.9. The van der Waals surface area contributed by atoms with Crippen molar-refractivity contribution in [1.29, 1.82) is 0 Å². The highest BCUT2D eigenvalue weighted by atomic mass is 19.1. The third-order valence-corrected chi connectivity index (χ3v) is 10.1. The first-order chi connectivity index (χ1) is 26.7. The second-order valence-electron chi connectivity index (χ2n) is 13.7. The van der Waals surface area contributed by atoms with Crippen molar-refractivity contribution in [2.75, 3.05) is 31.1 Å². The molecule has 5 aromatic heterocycles. The maximum Gasteiger partial charge on any atom is 0.223 e. The summed E-state index contributed by atoms with van der Waals surface area (Å²) in [4.78, 5) is 21.9. The Hall–Kier alpha value is -6.27. The summed E-state index contributed by atoms with van der Waals surface area (Å²) in [5.41, 5.74) is 15.5. The number of aryl methyl sites for hydroxylation is 1. The second-order valence-corrected chi connectivity index (χ2v) is 13.7. The fraction of sp³-hybridized carbons (Fsp3) is 0.297. The molecule has 3 aromatic carbocycles. The van der Waals surface area contributed by atoms with Gasteiger partial charge in [-0.1, -0.05) is 25.1 Å². The quantitative estimate of drug-likeness (QED) is 0.241. The second kappa shape index (κ2) is 13.9. The largest absolute Gasteiger partial charge is 0.368 e. The van der Waals surface area contributed by atoms with Crippen LogP contribution >= 0.6 is 0 Å². The SMILES string of the molecule is CCc1nnc2n1CCN(CCc1nc3c4cccc(F)c4nc(N)n3n1)C2.Nc1nc2c(F)cccc2c2nc(CCN3Cc4ccc(F)cc4C3)nn12. The predicted octanol–water partition coefficient (Wildman–Crippen LogP) is 3.91. The number of hydrogen-bond donors (Lipinski definition) is 2. The van der Waals surface area contributed by atoms with Gasteiger partial charge in [0.2, 0.25) is 11.9 Å². The average molecular weight is 748 g/mol. The number of rotatable bonds is 7. The van der Waals surface area contributed by atoms with Gasteiger partial charge < -0.3 is 16.0 Å². The van der Waals surface area contributed by atoms with Gasteiger partial charge in [-0.25, -0.2) is 33.1 Å². The van der Waals surface area contributed by atoms with Crippen LogP contribution in [0.15, 0.2) is 54.6 Å². The molecule has 0 aliphatic carbocycles. The van der Waals surface area contributed by atoms with Crippen LogP contribution < -0.4 is 11.5 Å². The number of nitrogen functional groups attached to an aromatic ring is 2. The van der Waals surface area contributed by atoms with E-state index in [9.17, 15) is 13.2 Å². The normalized spacial score (nSPS) is 14.5. The number of para-hydroxylation sites is 2. The fourth-order valence-corrected chi connectivity index (χ4v) is 7.36. The molecule has 0 radical (unpaired) electrons. The van der Waals surface area contributed by atoms with Crippen molar-refractivity contribution in [2.45, 2.75) is 52.4 Å². The summed E-state index contributed by atoms with van der Waals surface area (Å²) in [6.07, 6.45) is 2.16. The highest BCUT2D eigenvalue weighted by molar-refractivity contribution is 5.93.